The van der Waals surface area contributed by atoms with Crippen LogP contribution in [-0.2, 0) is 4.79 Å². The summed E-state index contributed by atoms with van der Waals surface area (Å²) in [6.45, 7) is 8.34. The van der Waals surface area contributed by atoms with Gasteiger partial charge in [-0.1, -0.05) is 19.3 Å². The van der Waals surface area contributed by atoms with Crippen LogP contribution in [0.2, 0.25) is 0 Å². The Labute approximate surface area is 124 Å². The number of hydrogen-bond donors (Lipinski definition) is 2. The van der Waals surface area contributed by atoms with Crippen LogP contribution in [0, 0.1) is 0 Å². The highest BCUT2D eigenvalue weighted by atomic mass is 16.2. The Bertz CT molecular complexity index is 275. The molecule has 0 aromatic rings. The molecule has 0 spiro atoms. The SMILES string of the molecule is CC(NCCCN(C)C(C)C)C(=O)NC1CCCCC1. The van der Waals surface area contributed by atoms with E-state index < -0.39 is 0 Å². The largest absolute Gasteiger partial charge is 0.352 e. The normalized spacial score (nSPS) is 18.5. The molecule has 1 unspecified atom stereocenters. The topological polar surface area (TPSA) is 44.4 Å². The van der Waals surface area contributed by atoms with Crippen LogP contribution in [0.25, 0.3) is 0 Å². The van der Waals surface area contributed by atoms with Crippen LogP contribution in [0.5, 0.6) is 0 Å². The minimum Gasteiger partial charge on any atom is -0.352 e. The smallest absolute Gasteiger partial charge is 0.237 e. The first-order valence-corrected chi connectivity index (χ1v) is 8.24. The molecule has 0 aromatic heterocycles. The molecule has 4 nitrogen and oxygen atoms in total. The molecule has 1 fully saturated rings. The summed E-state index contributed by atoms with van der Waals surface area (Å²) in [7, 11) is 2.14. The van der Waals surface area contributed by atoms with E-state index in [4.69, 9.17) is 0 Å². The number of amides is 1. The maximum absolute atomic E-state index is 12.1. The van der Waals surface area contributed by atoms with E-state index in [9.17, 15) is 4.79 Å². The maximum atomic E-state index is 12.1. The van der Waals surface area contributed by atoms with Crippen molar-refractivity contribution in [3.8, 4) is 0 Å². The summed E-state index contributed by atoms with van der Waals surface area (Å²) in [6.07, 6.45) is 7.22. The molecule has 1 atom stereocenters. The molecule has 0 bridgehead atoms. The fraction of sp³-hybridized carbons (Fsp3) is 0.938. The molecule has 1 rings (SSSR count). The molecule has 0 aromatic carbocycles. The maximum Gasteiger partial charge on any atom is 0.237 e. The van der Waals surface area contributed by atoms with Crippen LogP contribution in [-0.4, -0.2) is 49.1 Å². The first kappa shape index (κ1) is 17.4. The van der Waals surface area contributed by atoms with Gasteiger partial charge in [-0.25, -0.2) is 0 Å². The Morgan fingerprint density at radius 1 is 1.20 bits per heavy atom. The zero-order valence-electron chi connectivity index (χ0n) is 13.7. The lowest BCUT2D eigenvalue weighted by atomic mass is 9.95. The fourth-order valence-electron chi connectivity index (χ4n) is 2.57. The van der Waals surface area contributed by atoms with E-state index in [0.717, 1.165) is 32.4 Å². The van der Waals surface area contributed by atoms with Crippen LogP contribution >= 0.6 is 0 Å². The van der Waals surface area contributed by atoms with Crippen LogP contribution in [0.3, 0.4) is 0 Å². The lowest BCUT2D eigenvalue weighted by molar-refractivity contribution is -0.123. The van der Waals surface area contributed by atoms with Crippen molar-refractivity contribution in [1.82, 2.24) is 15.5 Å². The van der Waals surface area contributed by atoms with Crippen LogP contribution in [0.15, 0.2) is 0 Å². The fourth-order valence-corrected chi connectivity index (χ4v) is 2.57. The molecular formula is C16H33N3O. The van der Waals surface area contributed by atoms with Crippen molar-refractivity contribution in [3.63, 3.8) is 0 Å². The zero-order valence-corrected chi connectivity index (χ0v) is 13.7. The highest BCUT2D eigenvalue weighted by Crippen LogP contribution is 2.17. The summed E-state index contributed by atoms with van der Waals surface area (Å²) in [6, 6.07) is 0.913. The molecule has 20 heavy (non-hydrogen) atoms. The molecule has 0 aliphatic heterocycles. The standard InChI is InChI=1S/C16H33N3O/c1-13(2)19(4)12-8-11-17-14(3)16(20)18-15-9-6-5-7-10-15/h13-15,17H,5-12H2,1-4H3,(H,18,20). The molecule has 118 valence electrons. The van der Waals surface area contributed by atoms with E-state index in [1.165, 1.54) is 19.3 Å². The van der Waals surface area contributed by atoms with Crippen molar-refractivity contribution in [1.29, 1.82) is 0 Å². The van der Waals surface area contributed by atoms with Gasteiger partial charge in [-0.15, -0.1) is 0 Å². The second-order valence-electron chi connectivity index (χ2n) is 6.45. The van der Waals surface area contributed by atoms with Gasteiger partial charge in [-0.3, -0.25) is 4.79 Å². The first-order valence-electron chi connectivity index (χ1n) is 8.24. The van der Waals surface area contributed by atoms with Gasteiger partial charge >= 0.3 is 0 Å². The van der Waals surface area contributed by atoms with Gasteiger partial charge in [-0.2, -0.15) is 0 Å². The lowest BCUT2D eigenvalue weighted by Gasteiger charge is -2.25. The van der Waals surface area contributed by atoms with Gasteiger partial charge in [-0.05, 0) is 60.2 Å². The number of nitrogens with zero attached hydrogens (tertiary/aromatic N) is 1. The molecule has 2 N–H and O–H groups in total. The van der Waals surface area contributed by atoms with Crippen molar-refractivity contribution in [2.45, 2.75) is 77.4 Å². The minimum absolute atomic E-state index is 0.0821. The van der Waals surface area contributed by atoms with Crippen molar-refractivity contribution in [2.24, 2.45) is 0 Å². The van der Waals surface area contributed by atoms with E-state index in [1.807, 2.05) is 6.92 Å². The first-order chi connectivity index (χ1) is 9.50. The van der Waals surface area contributed by atoms with Gasteiger partial charge in [0.2, 0.25) is 5.91 Å². The number of carbonyl (C=O) groups excluding carboxylic acids is 1. The molecule has 0 heterocycles. The van der Waals surface area contributed by atoms with Gasteiger partial charge < -0.3 is 15.5 Å². The molecular weight excluding hydrogens is 250 g/mol. The van der Waals surface area contributed by atoms with Gasteiger partial charge in [0.25, 0.3) is 0 Å². The minimum atomic E-state index is -0.0821. The van der Waals surface area contributed by atoms with Crippen molar-refractivity contribution < 1.29 is 4.79 Å². The Morgan fingerprint density at radius 3 is 2.45 bits per heavy atom. The Balaban J connectivity index is 2.11. The summed E-state index contributed by atoms with van der Waals surface area (Å²) in [5.74, 6) is 0.161. The second-order valence-corrected chi connectivity index (χ2v) is 6.45. The van der Waals surface area contributed by atoms with E-state index in [0.29, 0.717) is 12.1 Å². The number of nitrogens with one attached hydrogen (secondary N) is 2. The highest BCUT2D eigenvalue weighted by Gasteiger charge is 2.19. The summed E-state index contributed by atoms with van der Waals surface area (Å²) >= 11 is 0. The highest BCUT2D eigenvalue weighted by molar-refractivity contribution is 5.81. The monoisotopic (exact) mass is 283 g/mol. The average Bonchev–Trinajstić information content (AvgIpc) is 2.43. The Kier molecular flexibility index (Phi) is 8.15. The van der Waals surface area contributed by atoms with Crippen molar-refractivity contribution in [2.75, 3.05) is 20.1 Å². The van der Waals surface area contributed by atoms with E-state index in [2.05, 4.69) is 36.4 Å². The molecule has 0 saturated heterocycles. The molecule has 1 aliphatic rings. The van der Waals surface area contributed by atoms with Crippen LogP contribution < -0.4 is 10.6 Å². The Hall–Kier alpha value is -0.610. The molecule has 0 radical (unpaired) electrons. The third-order valence-corrected chi connectivity index (χ3v) is 4.36. The number of hydrogen-bond acceptors (Lipinski definition) is 3. The van der Waals surface area contributed by atoms with Crippen molar-refractivity contribution >= 4 is 5.91 Å². The summed E-state index contributed by atoms with van der Waals surface area (Å²) in [5, 5.41) is 6.50. The number of carbonyl (C=O) groups is 1. The van der Waals surface area contributed by atoms with E-state index in [1.54, 1.807) is 0 Å². The second kappa shape index (κ2) is 9.35. The van der Waals surface area contributed by atoms with Gasteiger partial charge in [0.1, 0.15) is 0 Å². The molecule has 1 saturated carbocycles. The van der Waals surface area contributed by atoms with Gasteiger partial charge in [0.05, 0.1) is 6.04 Å². The predicted octanol–water partition coefficient (Wildman–Crippen LogP) is 2.14. The average molecular weight is 283 g/mol. The van der Waals surface area contributed by atoms with E-state index >= 15 is 0 Å². The lowest BCUT2D eigenvalue weighted by Crippen LogP contribution is -2.47. The molecule has 4 heteroatoms. The van der Waals surface area contributed by atoms with Gasteiger partial charge in [0.15, 0.2) is 0 Å². The third-order valence-electron chi connectivity index (χ3n) is 4.36. The summed E-state index contributed by atoms with van der Waals surface area (Å²) in [4.78, 5) is 14.4. The molecule has 1 amide bonds. The predicted molar refractivity (Wildman–Crippen MR) is 84.9 cm³/mol. The van der Waals surface area contributed by atoms with Crippen molar-refractivity contribution in [3.05, 3.63) is 0 Å². The summed E-state index contributed by atoms with van der Waals surface area (Å²) < 4.78 is 0. The van der Waals surface area contributed by atoms with Gasteiger partial charge in [0, 0.05) is 12.1 Å². The quantitative estimate of drug-likeness (QED) is 0.671. The zero-order chi connectivity index (χ0) is 15.0. The van der Waals surface area contributed by atoms with E-state index in [-0.39, 0.29) is 11.9 Å². The Morgan fingerprint density at radius 2 is 1.85 bits per heavy atom. The van der Waals surface area contributed by atoms with Crippen LogP contribution in [0.1, 0.15) is 59.3 Å². The van der Waals surface area contributed by atoms with Crippen LogP contribution in [0.4, 0.5) is 0 Å². The summed E-state index contributed by atoms with van der Waals surface area (Å²) in [5.41, 5.74) is 0. The number of rotatable bonds is 8. The molecule has 1 aliphatic carbocycles. The third kappa shape index (κ3) is 6.71.